The maximum absolute atomic E-state index is 12.2. The van der Waals surface area contributed by atoms with Crippen LogP contribution in [0.1, 0.15) is 17.3 Å². The lowest BCUT2D eigenvalue weighted by atomic mass is 10.1. The summed E-state index contributed by atoms with van der Waals surface area (Å²) < 4.78 is 30.0. The third kappa shape index (κ3) is 3.84. The summed E-state index contributed by atoms with van der Waals surface area (Å²) in [5, 5.41) is 0.0599. The lowest BCUT2D eigenvalue weighted by molar-refractivity contribution is 0.101. The van der Waals surface area contributed by atoms with Gasteiger partial charge in [0.15, 0.2) is 5.78 Å². The SMILES string of the molecule is CC(=O)c1ccc(OS(=O)(=O)c2ccc(Br)cc2Cl)cc1. The molecule has 0 saturated heterocycles. The van der Waals surface area contributed by atoms with Crippen molar-refractivity contribution in [3.05, 3.63) is 57.5 Å². The van der Waals surface area contributed by atoms with Crippen molar-refractivity contribution in [1.82, 2.24) is 0 Å². The number of halogens is 2. The van der Waals surface area contributed by atoms with E-state index in [-0.39, 0.29) is 21.5 Å². The van der Waals surface area contributed by atoms with Gasteiger partial charge in [0.1, 0.15) is 10.6 Å². The average molecular weight is 390 g/mol. The summed E-state index contributed by atoms with van der Waals surface area (Å²) in [6, 6.07) is 10.2. The number of ketones is 1. The third-order valence-electron chi connectivity index (χ3n) is 2.63. The molecule has 0 aliphatic rings. The van der Waals surface area contributed by atoms with Gasteiger partial charge in [0, 0.05) is 10.0 Å². The van der Waals surface area contributed by atoms with Crippen LogP contribution in [-0.4, -0.2) is 14.2 Å². The minimum atomic E-state index is -4.03. The van der Waals surface area contributed by atoms with Gasteiger partial charge in [-0.2, -0.15) is 8.42 Å². The maximum Gasteiger partial charge on any atom is 0.340 e. The molecule has 0 amide bonds. The molecule has 0 saturated carbocycles. The summed E-state index contributed by atoms with van der Waals surface area (Å²) in [5.74, 6) is -0.000605. The number of rotatable bonds is 4. The van der Waals surface area contributed by atoms with Gasteiger partial charge in [-0.1, -0.05) is 27.5 Å². The first kappa shape index (κ1) is 16.0. The Morgan fingerprint density at radius 3 is 2.29 bits per heavy atom. The second-order valence-electron chi connectivity index (χ2n) is 4.19. The van der Waals surface area contributed by atoms with Gasteiger partial charge in [-0.05, 0) is 49.4 Å². The van der Waals surface area contributed by atoms with Crippen molar-refractivity contribution in [2.75, 3.05) is 0 Å². The molecule has 2 aromatic rings. The second-order valence-corrected chi connectivity index (χ2v) is 7.03. The van der Waals surface area contributed by atoms with Crippen molar-refractivity contribution >= 4 is 43.4 Å². The molecular formula is C14H10BrClO4S. The van der Waals surface area contributed by atoms with E-state index in [4.69, 9.17) is 15.8 Å². The van der Waals surface area contributed by atoms with E-state index < -0.39 is 10.1 Å². The molecule has 110 valence electrons. The van der Waals surface area contributed by atoms with Crippen molar-refractivity contribution in [3.63, 3.8) is 0 Å². The van der Waals surface area contributed by atoms with E-state index >= 15 is 0 Å². The molecule has 0 spiro atoms. The molecule has 0 aliphatic heterocycles. The average Bonchev–Trinajstić information content (AvgIpc) is 2.38. The fourth-order valence-corrected chi connectivity index (χ4v) is 3.54. The van der Waals surface area contributed by atoms with E-state index in [1.807, 2.05) is 0 Å². The van der Waals surface area contributed by atoms with E-state index in [1.54, 1.807) is 6.07 Å². The van der Waals surface area contributed by atoms with Gasteiger partial charge < -0.3 is 4.18 Å². The fourth-order valence-electron chi connectivity index (χ4n) is 1.59. The van der Waals surface area contributed by atoms with E-state index in [2.05, 4.69) is 15.9 Å². The molecule has 2 rings (SSSR count). The van der Waals surface area contributed by atoms with Crippen molar-refractivity contribution in [2.24, 2.45) is 0 Å². The Kier molecular flexibility index (Phi) is 4.70. The van der Waals surface area contributed by atoms with Crippen LogP contribution < -0.4 is 4.18 Å². The Hall–Kier alpha value is -1.37. The van der Waals surface area contributed by atoms with Crippen LogP contribution >= 0.6 is 27.5 Å². The first-order valence-electron chi connectivity index (χ1n) is 5.80. The van der Waals surface area contributed by atoms with Crippen molar-refractivity contribution in [1.29, 1.82) is 0 Å². The van der Waals surface area contributed by atoms with E-state index in [1.165, 1.54) is 43.3 Å². The molecule has 0 heterocycles. The van der Waals surface area contributed by atoms with E-state index in [0.29, 0.717) is 10.0 Å². The summed E-state index contributed by atoms with van der Waals surface area (Å²) in [5.41, 5.74) is 0.474. The molecule has 0 fully saturated rings. The minimum Gasteiger partial charge on any atom is -0.379 e. The molecule has 0 bridgehead atoms. The maximum atomic E-state index is 12.2. The van der Waals surface area contributed by atoms with Crippen molar-refractivity contribution < 1.29 is 17.4 Å². The molecule has 0 unspecified atom stereocenters. The van der Waals surface area contributed by atoms with Crippen LogP contribution in [0.5, 0.6) is 5.75 Å². The Morgan fingerprint density at radius 2 is 1.76 bits per heavy atom. The summed E-state index contributed by atoms with van der Waals surface area (Å²) in [4.78, 5) is 11.0. The predicted octanol–water partition coefficient (Wildman–Crippen LogP) is 4.07. The lowest BCUT2D eigenvalue weighted by Crippen LogP contribution is -2.10. The molecule has 0 aliphatic carbocycles. The smallest absolute Gasteiger partial charge is 0.340 e. The molecule has 7 heteroatoms. The fraction of sp³-hybridized carbons (Fsp3) is 0.0714. The zero-order chi connectivity index (χ0) is 15.6. The van der Waals surface area contributed by atoms with Gasteiger partial charge >= 0.3 is 10.1 Å². The van der Waals surface area contributed by atoms with Crippen molar-refractivity contribution in [2.45, 2.75) is 11.8 Å². The molecule has 0 N–H and O–H groups in total. The highest BCUT2D eigenvalue weighted by Gasteiger charge is 2.20. The quantitative estimate of drug-likeness (QED) is 0.584. The highest BCUT2D eigenvalue weighted by Crippen LogP contribution is 2.27. The molecule has 0 aromatic heterocycles. The largest absolute Gasteiger partial charge is 0.379 e. The second kappa shape index (κ2) is 6.17. The lowest BCUT2D eigenvalue weighted by Gasteiger charge is -2.09. The highest BCUT2D eigenvalue weighted by molar-refractivity contribution is 9.10. The van der Waals surface area contributed by atoms with Crippen LogP contribution in [0.25, 0.3) is 0 Å². The number of Topliss-reactive ketones (excluding diaryl/α,β-unsaturated/α-hetero) is 1. The third-order valence-corrected chi connectivity index (χ3v) is 4.85. The molecule has 4 nitrogen and oxygen atoms in total. The Morgan fingerprint density at radius 1 is 1.14 bits per heavy atom. The monoisotopic (exact) mass is 388 g/mol. The standard InChI is InChI=1S/C14H10BrClO4S/c1-9(17)10-2-5-12(6-3-10)20-21(18,19)14-7-4-11(15)8-13(14)16/h2-8H,1H3. The van der Waals surface area contributed by atoms with Gasteiger partial charge in [0.25, 0.3) is 0 Å². The Bertz CT molecular complexity index is 785. The normalized spacial score (nSPS) is 11.2. The summed E-state index contributed by atoms with van der Waals surface area (Å²) in [7, 11) is -4.03. The van der Waals surface area contributed by atoms with Gasteiger partial charge in [0.2, 0.25) is 0 Å². The Balaban J connectivity index is 2.30. The van der Waals surface area contributed by atoms with Crippen LogP contribution in [0.15, 0.2) is 51.8 Å². The number of benzene rings is 2. The van der Waals surface area contributed by atoms with Crippen LogP contribution in [-0.2, 0) is 10.1 Å². The molecule has 21 heavy (non-hydrogen) atoms. The predicted molar refractivity (Wildman–Crippen MR) is 83.4 cm³/mol. The van der Waals surface area contributed by atoms with Gasteiger partial charge in [-0.3, -0.25) is 4.79 Å². The van der Waals surface area contributed by atoms with Gasteiger partial charge in [-0.15, -0.1) is 0 Å². The number of carbonyl (C=O) groups excluding carboxylic acids is 1. The zero-order valence-electron chi connectivity index (χ0n) is 10.8. The van der Waals surface area contributed by atoms with Crippen LogP contribution in [0.2, 0.25) is 5.02 Å². The van der Waals surface area contributed by atoms with Crippen molar-refractivity contribution in [3.8, 4) is 5.75 Å². The number of carbonyl (C=O) groups is 1. The number of hydrogen-bond acceptors (Lipinski definition) is 4. The van der Waals surface area contributed by atoms with Gasteiger partial charge in [0.05, 0.1) is 5.02 Å². The summed E-state index contributed by atoms with van der Waals surface area (Å²) in [6.45, 7) is 1.42. The summed E-state index contributed by atoms with van der Waals surface area (Å²) in [6.07, 6.45) is 0. The molecule has 0 atom stereocenters. The minimum absolute atomic E-state index is 0.0599. The van der Waals surface area contributed by atoms with Crippen LogP contribution in [0, 0.1) is 0 Å². The van der Waals surface area contributed by atoms with Crippen LogP contribution in [0.4, 0.5) is 0 Å². The zero-order valence-corrected chi connectivity index (χ0v) is 14.0. The Labute approximate surface area is 135 Å². The number of hydrogen-bond donors (Lipinski definition) is 0. The van der Waals surface area contributed by atoms with E-state index in [0.717, 1.165) is 0 Å². The first-order chi connectivity index (χ1) is 9.79. The topological polar surface area (TPSA) is 60.4 Å². The molecule has 0 radical (unpaired) electrons. The molecule has 2 aromatic carbocycles. The molecular weight excluding hydrogens is 380 g/mol. The highest BCUT2D eigenvalue weighted by atomic mass is 79.9. The summed E-state index contributed by atoms with van der Waals surface area (Å²) >= 11 is 9.11. The van der Waals surface area contributed by atoms with Gasteiger partial charge in [-0.25, -0.2) is 0 Å². The van der Waals surface area contributed by atoms with E-state index in [9.17, 15) is 13.2 Å². The first-order valence-corrected chi connectivity index (χ1v) is 8.38. The van der Waals surface area contributed by atoms with Crippen LogP contribution in [0.3, 0.4) is 0 Å².